The Bertz CT molecular complexity index is 1660. The number of benzene rings is 3. The van der Waals surface area contributed by atoms with Crippen molar-refractivity contribution in [2.24, 2.45) is 5.92 Å². The van der Waals surface area contributed by atoms with Crippen molar-refractivity contribution in [3.05, 3.63) is 108 Å². The number of aliphatic hydroxyl groups excluding tert-OH is 1. The van der Waals surface area contributed by atoms with Crippen LogP contribution in [-0.4, -0.2) is 73.7 Å². The molecule has 0 aliphatic heterocycles. The Morgan fingerprint density at radius 3 is 2.13 bits per heavy atom. The number of aliphatic hydroxyl groups is 1. The van der Waals surface area contributed by atoms with E-state index in [-0.39, 0.29) is 36.4 Å². The van der Waals surface area contributed by atoms with Crippen molar-refractivity contribution >= 4 is 32.9 Å². The van der Waals surface area contributed by atoms with E-state index in [1.54, 1.807) is 24.4 Å². The third-order valence-electron chi connectivity index (χ3n) is 8.00. The van der Waals surface area contributed by atoms with Crippen LogP contribution in [0.2, 0.25) is 0 Å². The number of amides is 2. The molecule has 1 aromatic heterocycles. The number of hydrogen-bond acceptors (Lipinski definition) is 7. The summed E-state index contributed by atoms with van der Waals surface area (Å²) in [6, 6.07) is 26.0. The first-order valence-corrected chi connectivity index (χ1v) is 17.3. The third kappa shape index (κ3) is 9.15. The number of aromatic nitrogens is 1. The van der Waals surface area contributed by atoms with Crippen LogP contribution in [-0.2, 0) is 19.6 Å². The number of sulfonamides is 1. The SMILES string of the molecule is COC(=O)N[C@H](C(=O)NCCCC[C@H](CO)N(CC(C)C)S(=O)(=O)c1cccc2cccnc12)C(c1ccccc1)c1ccccc1. The van der Waals surface area contributed by atoms with Gasteiger partial charge in [-0.2, -0.15) is 4.31 Å². The van der Waals surface area contributed by atoms with Crippen molar-refractivity contribution in [1.29, 1.82) is 0 Å². The average Bonchev–Trinajstić information content (AvgIpc) is 3.09. The van der Waals surface area contributed by atoms with Crippen LogP contribution in [0.1, 0.15) is 50.2 Å². The van der Waals surface area contributed by atoms with E-state index in [0.717, 1.165) is 16.5 Å². The van der Waals surface area contributed by atoms with Gasteiger partial charge in [-0.05, 0) is 42.0 Å². The van der Waals surface area contributed by atoms with Crippen LogP contribution in [0.4, 0.5) is 4.79 Å². The van der Waals surface area contributed by atoms with Gasteiger partial charge in [0, 0.05) is 36.6 Å². The quantitative estimate of drug-likeness (QED) is 0.143. The van der Waals surface area contributed by atoms with Gasteiger partial charge in [-0.3, -0.25) is 9.78 Å². The predicted molar refractivity (Wildman–Crippen MR) is 182 cm³/mol. The number of carbonyl (C=O) groups is 2. The second kappa shape index (κ2) is 17.0. The first-order valence-electron chi connectivity index (χ1n) is 15.9. The van der Waals surface area contributed by atoms with Crippen LogP contribution in [0.25, 0.3) is 10.9 Å². The van der Waals surface area contributed by atoms with Gasteiger partial charge >= 0.3 is 6.09 Å². The lowest BCUT2D eigenvalue weighted by molar-refractivity contribution is -0.123. The molecule has 3 N–H and O–H groups in total. The first-order chi connectivity index (χ1) is 22.7. The summed E-state index contributed by atoms with van der Waals surface area (Å²) in [6.45, 7) is 4.04. The Balaban J connectivity index is 1.46. The summed E-state index contributed by atoms with van der Waals surface area (Å²) in [7, 11) is -2.74. The molecule has 4 aromatic rings. The Morgan fingerprint density at radius 2 is 1.53 bits per heavy atom. The summed E-state index contributed by atoms with van der Waals surface area (Å²) in [5.74, 6) is -0.838. The van der Waals surface area contributed by atoms with Crippen molar-refractivity contribution < 1.29 is 27.9 Å². The summed E-state index contributed by atoms with van der Waals surface area (Å²) in [4.78, 5) is 30.5. The van der Waals surface area contributed by atoms with Crippen molar-refractivity contribution in [3.8, 4) is 0 Å². The molecule has 10 nitrogen and oxygen atoms in total. The van der Waals surface area contributed by atoms with Crippen molar-refractivity contribution in [1.82, 2.24) is 19.9 Å². The van der Waals surface area contributed by atoms with E-state index in [0.29, 0.717) is 24.8 Å². The van der Waals surface area contributed by atoms with E-state index in [1.165, 1.54) is 11.4 Å². The number of methoxy groups -OCH3 is 1. The van der Waals surface area contributed by atoms with E-state index < -0.39 is 34.1 Å². The molecular weight excluding hydrogens is 616 g/mol. The highest BCUT2D eigenvalue weighted by Crippen LogP contribution is 2.29. The molecule has 250 valence electrons. The molecule has 0 fully saturated rings. The number of pyridine rings is 1. The lowest BCUT2D eigenvalue weighted by Crippen LogP contribution is -2.50. The molecule has 2 amide bonds. The molecule has 0 saturated carbocycles. The zero-order valence-electron chi connectivity index (χ0n) is 27.1. The number of alkyl carbamates (subject to hydrolysis) is 1. The maximum absolute atomic E-state index is 14.0. The fraction of sp³-hybridized carbons (Fsp3) is 0.361. The Hall–Kier alpha value is -4.32. The molecule has 47 heavy (non-hydrogen) atoms. The average molecular weight is 661 g/mol. The minimum atomic E-state index is -3.99. The summed E-state index contributed by atoms with van der Waals surface area (Å²) < 4.78 is 34.3. The number of rotatable bonds is 16. The monoisotopic (exact) mass is 660 g/mol. The van der Waals surface area contributed by atoms with Gasteiger partial charge in [-0.1, -0.05) is 99.1 Å². The van der Waals surface area contributed by atoms with Gasteiger partial charge in [0.2, 0.25) is 15.9 Å². The van der Waals surface area contributed by atoms with Crippen molar-refractivity contribution in [3.63, 3.8) is 0 Å². The zero-order valence-corrected chi connectivity index (χ0v) is 27.9. The Morgan fingerprint density at radius 1 is 0.894 bits per heavy atom. The number of nitrogens with one attached hydrogen (secondary N) is 2. The van der Waals surface area contributed by atoms with E-state index in [4.69, 9.17) is 4.74 Å². The number of ether oxygens (including phenoxy) is 1. The highest BCUT2D eigenvalue weighted by atomic mass is 32.2. The molecule has 0 spiro atoms. The molecule has 0 unspecified atom stereocenters. The normalized spacial score (nSPS) is 13.1. The van der Waals surface area contributed by atoms with E-state index in [2.05, 4.69) is 15.6 Å². The fourth-order valence-electron chi connectivity index (χ4n) is 5.75. The molecule has 1 heterocycles. The minimum Gasteiger partial charge on any atom is -0.453 e. The number of carbonyl (C=O) groups excluding carboxylic acids is 2. The van der Waals surface area contributed by atoms with Gasteiger partial charge < -0.3 is 20.5 Å². The van der Waals surface area contributed by atoms with Gasteiger partial charge in [0.05, 0.1) is 19.2 Å². The van der Waals surface area contributed by atoms with Gasteiger partial charge in [0.15, 0.2) is 0 Å². The molecule has 3 aromatic carbocycles. The second-order valence-corrected chi connectivity index (χ2v) is 13.7. The third-order valence-corrected chi connectivity index (χ3v) is 9.95. The lowest BCUT2D eigenvalue weighted by atomic mass is 9.84. The smallest absolute Gasteiger partial charge is 0.407 e. The van der Waals surface area contributed by atoms with E-state index in [9.17, 15) is 23.1 Å². The van der Waals surface area contributed by atoms with Crippen molar-refractivity contribution in [2.45, 2.75) is 56.0 Å². The van der Waals surface area contributed by atoms with E-state index >= 15 is 0 Å². The molecule has 4 rings (SSSR count). The van der Waals surface area contributed by atoms with Gasteiger partial charge in [-0.25, -0.2) is 13.2 Å². The number of unbranched alkanes of at least 4 members (excludes halogenated alkanes) is 1. The Kier molecular flexibility index (Phi) is 12.9. The topological polar surface area (TPSA) is 138 Å². The molecular formula is C36H44N4O6S. The first kappa shape index (κ1) is 35.5. The van der Waals surface area contributed by atoms with Gasteiger partial charge in [0.1, 0.15) is 10.9 Å². The van der Waals surface area contributed by atoms with Crippen LogP contribution < -0.4 is 10.6 Å². The molecule has 0 bridgehead atoms. The van der Waals surface area contributed by atoms with Crippen molar-refractivity contribution in [2.75, 3.05) is 26.8 Å². The van der Waals surface area contributed by atoms with Crippen LogP contribution >= 0.6 is 0 Å². The maximum atomic E-state index is 14.0. The highest BCUT2D eigenvalue weighted by molar-refractivity contribution is 7.89. The standard InChI is InChI=1S/C36H44N4O6S/c1-26(2)24-40(47(44,45)31-21-12-18-29-19-13-23-37-33(29)31)30(25-41)20-10-11-22-38-35(42)34(39-36(43)46-3)32(27-14-6-4-7-15-27)28-16-8-5-9-17-28/h4-9,12-19,21,23,26,30,32,34,41H,10-11,20,22,24-25H2,1-3H3,(H,38,42)(H,39,43)/t30-,34+/m1/s1. The second-order valence-electron chi connectivity index (χ2n) is 11.8. The van der Waals surface area contributed by atoms with Crippen LogP contribution in [0.5, 0.6) is 0 Å². The van der Waals surface area contributed by atoms with Gasteiger partial charge in [-0.15, -0.1) is 0 Å². The molecule has 0 saturated heterocycles. The lowest BCUT2D eigenvalue weighted by Gasteiger charge is -2.31. The van der Waals surface area contributed by atoms with Crippen LogP contribution in [0.15, 0.2) is 102 Å². The molecule has 0 aliphatic rings. The van der Waals surface area contributed by atoms with Crippen LogP contribution in [0.3, 0.4) is 0 Å². The summed E-state index contributed by atoms with van der Waals surface area (Å²) in [6.07, 6.45) is 2.30. The zero-order chi connectivity index (χ0) is 33.8. The summed E-state index contributed by atoms with van der Waals surface area (Å²) in [5, 5.41) is 16.8. The number of para-hydroxylation sites is 1. The number of hydrogen-bond donors (Lipinski definition) is 3. The van der Waals surface area contributed by atoms with Gasteiger partial charge in [0.25, 0.3) is 0 Å². The number of nitrogens with zero attached hydrogens (tertiary/aromatic N) is 2. The van der Waals surface area contributed by atoms with Crippen LogP contribution in [0, 0.1) is 5.92 Å². The fourth-order valence-corrected chi connectivity index (χ4v) is 7.73. The molecule has 2 atom stereocenters. The molecule has 0 aliphatic carbocycles. The number of fused-ring (bicyclic) bond motifs is 1. The maximum Gasteiger partial charge on any atom is 0.407 e. The Labute approximate surface area is 277 Å². The summed E-state index contributed by atoms with van der Waals surface area (Å²) >= 11 is 0. The highest BCUT2D eigenvalue weighted by Gasteiger charge is 2.34. The minimum absolute atomic E-state index is 0.0162. The summed E-state index contributed by atoms with van der Waals surface area (Å²) in [5.41, 5.74) is 2.10. The largest absolute Gasteiger partial charge is 0.453 e. The van der Waals surface area contributed by atoms with E-state index in [1.807, 2.05) is 86.6 Å². The predicted octanol–water partition coefficient (Wildman–Crippen LogP) is 5.09. The molecule has 11 heteroatoms. The molecule has 0 radical (unpaired) electrons.